The van der Waals surface area contributed by atoms with E-state index in [1.165, 1.54) is 6.92 Å². The molecule has 120 valence electrons. The summed E-state index contributed by atoms with van der Waals surface area (Å²) in [6.07, 6.45) is -0.0339. The average Bonchev–Trinajstić information content (AvgIpc) is 2.53. The number of ether oxygens (including phenoxy) is 1. The second kappa shape index (κ2) is 7.98. The molecular formula is C18H20N2O3. The van der Waals surface area contributed by atoms with Gasteiger partial charge in [-0.25, -0.2) is 0 Å². The second-order valence-corrected chi connectivity index (χ2v) is 5.08. The first kappa shape index (κ1) is 16.5. The van der Waals surface area contributed by atoms with Crippen LogP contribution >= 0.6 is 0 Å². The summed E-state index contributed by atoms with van der Waals surface area (Å²) in [5.74, 6) is 0.269. The maximum absolute atomic E-state index is 12.4. The maximum Gasteiger partial charge on any atom is 0.265 e. The molecule has 0 aromatic heterocycles. The number of carbonyl (C=O) groups excluding carboxylic acids is 2. The highest BCUT2D eigenvalue weighted by atomic mass is 16.5. The first-order valence-electron chi connectivity index (χ1n) is 7.48. The molecular weight excluding hydrogens is 292 g/mol. The Labute approximate surface area is 135 Å². The van der Waals surface area contributed by atoms with E-state index in [1.807, 2.05) is 37.3 Å². The molecule has 1 atom stereocenters. The van der Waals surface area contributed by atoms with Crippen LogP contribution in [0, 0.1) is 0 Å². The highest BCUT2D eigenvalue weighted by Gasteiger charge is 2.18. The lowest BCUT2D eigenvalue weighted by Crippen LogP contribution is -2.32. The van der Waals surface area contributed by atoms with Crippen molar-refractivity contribution in [3.05, 3.63) is 54.6 Å². The lowest BCUT2D eigenvalue weighted by Gasteiger charge is -2.17. The molecule has 1 unspecified atom stereocenters. The van der Waals surface area contributed by atoms with E-state index in [2.05, 4.69) is 10.6 Å². The highest BCUT2D eigenvalue weighted by molar-refractivity contribution is 5.95. The molecule has 2 N–H and O–H groups in total. The summed E-state index contributed by atoms with van der Waals surface area (Å²) in [5.41, 5.74) is 1.24. The van der Waals surface area contributed by atoms with E-state index in [0.717, 1.165) is 0 Å². The van der Waals surface area contributed by atoms with E-state index < -0.39 is 6.10 Å². The van der Waals surface area contributed by atoms with Crippen LogP contribution in [0.2, 0.25) is 0 Å². The van der Waals surface area contributed by atoms with Gasteiger partial charge in [0.15, 0.2) is 6.10 Å². The molecule has 0 saturated carbocycles. The maximum atomic E-state index is 12.4. The first-order chi connectivity index (χ1) is 11.1. The molecule has 23 heavy (non-hydrogen) atoms. The molecule has 0 aliphatic carbocycles. The van der Waals surface area contributed by atoms with Crippen molar-refractivity contribution in [2.24, 2.45) is 0 Å². The minimum Gasteiger partial charge on any atom is -0.481 e. The van der Waals surface area contributed by atoms with Crippen molar-refractivity contribution in [3.8, 4) is 5.75 Å². The number of hydrogen-bond donors (Lipinski definition) is 2. The topological polar surface area (TPSA) is 67.4 Å². The van der Waals surface area contributed by atoms with Gasteiger partial charge in [-0.15, -0.1) is 0 Å². The Kier molecular flexibility index (Phi) is 5.74. The largest absolute Gasteiger partial charge is 0.481 e. The number of carbonyl (C=O) groups is 2. The van der Waals surface area contributed by atoms with Crippen molar-refractivity contribution >= 4 is 23.2 Å². The normalized spacial score (nSPS) is 11.4. The van der Waals surface area contributed by atoms with Crippen molar-refractivity contribution < 1.29 is 14.3 Å². The third-order valence-corrected chi connectivity index (χ3v) is 3.14. The third kappa shape index (κ3) is 5.14. The molecule has 0 aliphatic heterocycles. The van der Waals surface area contributed by atoms with E-state index in [1.54, 1.807) is 24.3 Å². The Bertz CT molecular complexity index is 671. The summed E-state index contributed by atoms with van der Waals surface area (Å²) in [4.78, 5) is 23.4. The molecule has 5 heteroatoms. The zero-order valence-corrected chi connectivity index (χ0v) is 13.2. The summed E-state index contributed by atoms with van der Waals surface area (Å²) in [6.45, 7) is 3.33. The second-order valence-electron chi connectivity index (χ2n) is 5.08. The predicted octanol–water partition coefficient (Wildman–Crippen LogP) is 3.44. The molecule has 0 aliphatic rings. The lowest BCUT2D eigenvalue weighted by atomic mass is 10.2. The Balaban J connectivity index is 2.03. The fraction of sp³-hybridized carbons (Fsp3) is 0.222. The van der Waals surface area contributed by atoms with Gasteiger partial charge in [0, 0.05) is 18.3 Å². The summed E-state index contributed by atoms with van der Waals surface area (Å²) >= 11 is 0. The van der Waals surface area contributed by atoms with Gasteiger partial charge in [-0.3, -0.25) is 9.59 Å². The van der Waals surface area contributed by atoms with Crippen molar-refractivity contribution in [1.29, 1.82) is 0 Å². The molecule has 0 bridgehead atoms. The number of hydrogen-bond acceptors (Lipinski definition) is 3. The number of para-hydroxylation sites is 1. The van der Waals surface area contributed by atoms with Gasteiger partial charge < -0.3 is 15.4 Å². The van der Waals surface area contributed by atoms with Crippen molar-refractivity contribution in [1.82, 2.24) is 0 Å². The molecule has 0 radical (unpaired) electrons. The van der Waals surface area contributed by atoms with Crippen LogP contribution in [-0.4, -0.2) is 17.9 Å². The zero-order valence-electron chi connectivity index (χ0n) is 13.2. The Morgan fingerprint density at radius 1 is 1.00 bits per heavy atom. The van der Waals surface area contributed by atoms with E-state index in [4.69, 9.17) is 4.74 Å². The number of anilines is 2. The number of amides is 2. The minimum atomic E-state index is -0.582. The van der Waals surface area contributed by atoms with Crippen LogP contribution in [0.1, 0.15) is 20.3 Å². The molecule has 2 amide bonds. The summed E-state index contributed by atoms with van der Waals surface area (Å²) in [7, 11) is 0. The van der Waals surface area contributed by atoms with Crippen molar-refractivity contribution in [3.63, 3.8) is 0 Å². The van der Waals surface area contributed by atoms with Crippen LogP contribution in [0.3, 0.4) is 0 Å². The summed E-state index contributed by atoms with van der Waals surface area (Å²) in [5, 5.41) is 5.49. The molecule has 0 fully saturated rings. The van der Waals surface area contributed by atoms with Gasteiger partial charge in [0.05, 0.1) is 0 Å². The Morgan fingerprint density at radius 3 is 2.26 bits per heavy atom. The molecule has 0 saturated heterocycles. The standard InChI is InChI=1S/C18H20N2O3/c1-3-17(23-16-10-5-4-6-11-16)18(22)20-15-9-7-8-14(12-15)19-13(2)21/h4-12,17H,3H2,1-2H3,(H,19,21)(H,20,22). The Morgan fingerprint density at radius 2 is 1.65 bits per heavy atom. The molecule has 0 spiro atoms. The monoisotopic (exact) mass is 312 g/mol. The van der Waals surface area contributed by atoms with E-state index in [0.29, 0.717) is 23.5 Å². The SMILES string of the molecule is CCC(Oc1ccccc1)C(=O)Nc1cccc(NC(C)=O)c1. The van der Waals surface area contributed by atoms with Crippen LogP contribution < -0.4 is 15.4 Å². The van der Waals surface area contributed by atoms with E-state index in [-0.39, 0.29) is 11.8 Å². The number of nitrogens with one attached hydrogen (secondary N) is 2. The highest BCUT2D eigenvalue weighted by Crippen LogP contribution is 2.17. The Hall–Kier alpha value is -2.82. The minimum absolute atomic E-state index is 0.160. The molecule has 5 nitrogen and oxygen atoms in total. The van der Waals surface area contributed by atoms with Gasteiger partial charge in [0.25, 0.3) is 5.91 Å². The molecule has 2 rings (SSSR count). The fourth-order valence-corrected chi connectivity index (χ4v) is 2.09. The number of benzene rings is 2. The van der Waals surface area contributed by atoms with Gasteiger partial charge >= 0.3 is 0 Å². The molecule has 2 aromatic carbocycles. The van der Waals surface area contributed by atoms with E-state index >= 15 is 0 Å². The van der Waals surface area contributed by atoms with Gasteiger partial charge in [0.1, 0.15) is 5.75 Å². The molecule has 2 aromatic rings. The van der Waals surface area contributed by atoms with Gasteiger partial charge in [-0.05, 0) is 36.8 Å². The van der Waals surface area contributed by atoms with Crippen LogP contribution in [-0.2, 0) is 9.59 Å². The predicted molar refractivity (Wildman–Crippen MR) is 90.5 cm³/mol. The molecule has 0 heterocycles. The summed E-state index contributed by atoms with van der Waals surface area (Å²) in [6, 6.07) is 16.2. The summed E-state index contributed by atoms with van der Waals surface area (Å²) < 4.78 is 5.71. The number of rotatable bonds is 6. The quantitative estimate of drug-likeness (QED) is 0.858. The van der Waals surface area contributed by atoms with Crippen LogP contribution in [0.15, 0.2) is 54.6 Å². The van der Waals surface area contributed by atoms with Crippen LogP contribution in [0.4, 0.5) is 11.4 Å². The zero-order chi connectivity index (χ0) is 16.7. The lowest BCUT2D eigenvalue weighted by molar-refractivity contribution is -0.122. The fourth-order valence-electron chi connectivity index (χ4n) is 2.09. The van der Waals surface area contributed by atoms with Crippen molar-refractivity contribution in [2.45, 2.75) is 26.4 Å². The third-order valence-electron chi connectivity index (χ3n) is 3.14. The van der Waals surface area contributed by atoms with Crippen molar-refractivity contribution in [2.75, 3.05) is 10.6 Å². The first-order valence-corrected chi connectivity index (χ1v) is 7.48. The van der Waals surface area contributed by atoms with Gasteiger partial charge in [0.2, 0.25) is 5.91 Å². The van der Waals surface area contributed by atoms with Gasteiger partial charge in [-0.1, -0.05) is 31.2 Å². The van der Waals surface area contributed by atoms with Gasteiger partial charge in [-0.2, -0.15) is 0 Å². The smallest absolute Gasteiger partial charge is 0.265 e. The average molecular weight is 312 g/mol. The van der Waals surface area contributed by atoms with Crippen LogP contribution in [0.25, 0.3) is 0 Å². The van der Waals surface area contributed by atoms with E-state index in [9.17, 15) is 9.59 Å². The van der Waals surface area contributed by atoms with Crippen LogP contribution in [0.5, 0.6) is 5.75 Å².